The second kappa shape index (κ2) is 7.05. The van der Waals surface area contributed by atoms with Crippen molar-refractivity contribution in [1.29, 1.82) is 0 Å². The van der Waals surface area contributed by atoms with Crippen molar-refractivity contribution in [1.82, 2.24) is 0 Å². The van der Waals surface area contributed by atoms with Crippen molar-refractivity contribution in [3.63, 3.8) is 0 Å². The van der Waals surface area contributed by atoms with Crippen molar-refractivity contribution in [3.05, 3.63) is 11.8 Å². The van der Waals surface area contributed by atoms with E-state index in [1.54, 1.807) is 6.92 Å². The van der Waals surface area contributed by atoms with E-state index in [9.17, 15) is 9.59 Å². The third kappa shape index (κ3) is 11.9. The molecule has 0 radical (unpaired) electrons. The van der Waals surface area contributed by atoms with Gasteiger partial charge in [0, 0.05) is 12.5 Å². The first-order valence-electron chi connectivity index (χ1n) is 6.51. The Morgan fingerprint density at radius 3 is 1.79 bits per heavy atom. The molecule has 0 atom stereocenters. The average Bonchev–Trinajstić information content (AvgIpc) is 2.08. The molecular weight excluding hydrogens is 276 g/mol. The fraction of sp³-hybridized carbons (Fsp3) is 0.692. The summed E-state index contributed by atoms with van der Waals surface area (Å²) in [6.45, 7) is 13.8. The normalized spacial score (nSPS) is 13.1. The van der Waals surface area contributed by atoms with Gasteiger partial charge in [-0.3, -0.25) is 9.59 Å². The molecule has 0 saturated heterocycles. The van der Waals surface area contributed by atoms with Crippen LogP contribution >= 0.6 is 0 Å². The molecular formula is C13H26O4Si2. The van der Waals surface area contributed by atoms with Gasteiger partial charge in [-0.05, 0) is 46.2 Å². The zero-order valence-electron chi connectivity index (χ0n) is 13.1. The van der Waals surface area contributed by atoms with Crippen LogP contribution in [0.3, 0.4) is 0 Å². The topological polar surface area (TPSA) is 52.6 Å². The minimum Gasteiger partial charge on any atom is -0.547 e. The van der Waals surface area contributed by atoms with Gasteiger partial charge in [0.05, 0.1) is 12.2 Å². The van der Waals surface area contributed by atoms with Crippen molar-refractivity contribution in [2.75, 3.05) is 0 Å². The third-order valence-corrected chi connectivity index (χ3v) is 3.60. The Labute approximate surface area is 118 Å². The van der Waals surface area contributed by atoms with Gasteiger partial charge in [0.15, 0.2) is 5.78 Å². The van der Waals surface area contributed by atoms with Crippen molar-refractivity contribution < 1.29 is 18.4 Å². The van der Waals surface area contributed by atoms with E-state index in [4.69, 9.17) is 8.85 Å². The lowest BCUT2D eigenvalue weighted by molar-refractivity contribution is -0.136. The van der Waals surface area contributed by atoms with Crippen LogP contribution in [0.5, 0.6) is 0 Å². The smallest absolute Gasteiger partial charge is 0.292 e. The summed E-state index contributed by atoms with van der Waals surface area (Å²) in [7, 11) is -3.52. The van der Waals surface area contributed by atoms with Crippen molar-refractivity contribution >= 4 is 28.4 Å². The fourth-order valence-electron chi connectivity index (χ4n) is 1.43. The fourth-order valence-corrected chi connectivity index (χ4v) is 3.24. The Balaban J connectivity index is 4.19. The molecule has 0 N–H and O–H groups in total. The van der Waals surface area contributed by atoms with Gasteiger partial charge in [-0.15, -0.1) is 0 Å². The first-order chi connectivity index (χ1) is 8.39. The molecule has 0 aromatic carbocycles. The Bertz CT molecular complexity index is 362. The first-order valence-corrected chi connectivity index (χ1v) is 13.3. The van der Waals surface area contributed by atoms with E-state index >= 15 is 0 Å². The maximum Gasteiger partial charge on any atom is 0.292 e. The highest BCUT2D eigenvalue weighted by Crippen LogP contribution is 2.11. The predicted molar refractivity (Wildman–Crippen MR) is 81.9 cm³/mol. The Hall–Kier alpha value is -0.886. The SMILES string of the molecule is C/C(=C\C(=O)CCC(=O)O[Si](C)(C)C)O[Si](C)(C)C. The van der Waals surface area contributed by atoms with Crippen LogP contribution in [0, 0.1) is 0 Å². The molecule has 110 valence electrons. The van der Waals surface area contributed by atoms with Gasteiger partial charge in [-0.2, -0.15) is 0 Å². The molecule has 0 aromatic rings. The van der Waals surface area contributed by atoms with Crippen LogP contribution in [-0.2, 0) is 18.4 Å². The molecule has 0 unspecified atom stereocenters. The average molecular weight is 303 g/mol. The highest BCUT2D eigenvalue weighted by Gasteiger charge is 2.20. The van der Waals surface area contributed by atoms with E-state index in [1.165, 1.54) is 6.08 Å². The molecule has 19 heavy (non-hydrogen) atoms. The summed E-state index contributed by atoms with van der Waals surface area (Å²) < 4.78 is 10.9. The van der Waals surface area contributed by atoms with Gasteiger partial charge in [0.1, 0.15) is 0 Å². The minimum absolute atomic E-state index is 0.0942. The Morgan fingerprint density at radius 2 is 1.37 bits per heavy atom. The second-order valence-electron chi connectivity index (χ2n) is 6.52. The van der Waals surface area contributed by atoms with E-state index in [0.29, 0.717) is 5.76 Å². The van der Waals surface area contributed by atoms with Crippen LogP contribution in [0.1, 0.15) is 19.8 Å². The number of carbonyl (C=O) groups excluding carboxylic acids is 2. The van der Waals surface area contributed by atoms with Crippen LogP contribution in [0.15, 0.2) is 11.8 Å². The lowest BCUT2D eigenvalue weighted by Gasteiger charge is -2.19. The van der Waals surface area contributed by atoms with E-state index in [0.717, 1.165) is 0 Å². The zero-order valence-corrected chi connectivity index (χ0v) is 15.1. The summed E-state index contributed by atoms with van der Waals surface area (Å²) in [6.07, 6.45) is 1.79. The minimum atomic E-state index is -1.85. The van der Waals surface area contributed by atoms with Gasteiger partial charge in [0.25, 0.3) is 5.97 Å². The van der Waals surface area contributed by atoms with E-state index in [-0.39, 0.29) is 24.6 Å². The molecule has 0 heterocycles. The summed E-state index contributed by atoms with van der Waals surface area (Å²) >= 11 is 0. The van der Waals surface area contributed by atoms with Crippen LogP contribution in [0.2, 0.25) is 39.3 Å². The van der Waals surface area contributed by atoms with Crippen LogP contribution < -0.4 is 0 Å². The van der Waals surface area contributed by atoms with E-state index in [1.807, 2.05) is 19.6 Å². The molecule has 0 aromatic heterocycles. The number of carbonyl (C=O) groups is 2. The third-order valence-electron chi connectivity index (χ3n) is 1.83. The molecule has 0 rings (SSSR count). The number of hydrogen-bond acceptors (Lipinski definition) is 4. The highest BCUT2D eigenvalue weighted by molar-refractivity contribution is 6.71. The molecule has 0 amide bonds. The maximum absolute atomic E-state index is 11.7. The van der Waals surface area contributed by atoms with Gasteiger partial charge < -0.3 is 8.85 Å². The van der Waals surface area contributed by atoms with Crippen molar-refractivity contribution in [3.8, 4) is 0 Å². The Kier molecular flexibility index (Phi) is 6.72. The molecule has 4 nitrogen and oxygen atoms in total. The largest absolute Gasteiger partial charge is 0.547 e. The quantitative estimate of drug-likeness (QED) is 0.410. The summed E-state index contributed by atoms with van der Waals surface area (Å²) in [6, 6.07) is 0. The summed E-state index contributed by atoms with van der Waals surface area (Å²) in [5.41, 5.74) is 0. The van der Waals surface area contributed by atoms with Crippen LogP contribution in [-0.4, -0.2) is 28.4 Å². The predicted octanol–water partition coefficient (Wildman–Crippen LogP) is 3.47. The number of allylic oxidation sites excluding steroid dienone is 2. The summed E-state index contributed by atoms with van der Waals surface area (Å²) in [5.74, 6) is 0.246. The number of hydrogen-bond donors (Lipinski definition) is 0. The monoisotopic (exact) mass is 302 g/mol. The van der Waals surface area contributed by atoms with Gasteiger partial charge >= 0.3 is 0 Å². The van der Waals surface area contributed by atoms with Gasteiger partial charge in [-0.25, -0.2) is 0 Å². The van der Waals surface area contributed by atoms with E-state index < -0.39 is 16.6 Å². The van der Waals surface area contributed by atoms with Crippen LogP contribution in [0.4, 0.5) is 0 Å². The molecule has 6 heteroatoms. The molecule has 0 bridgehead atoms. The molecule has 0 fully saturated rings. The maximum atomic E-state index is 11.7. The number of ketones is 1. The van der Waals surface area contributed by atoms with Crippen LogP contribution in [0.25, 0.3) is 0 Å². The standard InChI is InChI=1S/C13H26O4Si2/c1-11(16-18(2,3)4)10-12(14)8-9-13(15)17-19(5,6)7/h10H,8-9H2,1-7H3/b11-10+. The molecule has 0 aliphatic heterocycles. The molecule has 0 aliphatic carbocycles. The molecule has 0 spiro atoms. The summed E-state index contributed by atoms with van der Waals surface area (Å²) in [5, 5.41) is 0. The first kappa shape index (κ1) is 18.1. The van der Waals surface area contributed by atoms with E-state index in [2.05, 4.69) is 19.6 Å². The van der Waals surface area contributed by atoms with Gasteiger partial charge in [-0.1, -0.05) is 0 Å². The second-order valence-corrected chi connectivity index (χ2v) is 15.4. The lowest BCUT2D eigenvalue weighted by atomic mass is 10.2. The van der Waals surface area contributed by atoms with Crippen molar-refractivity contribution in [2.24, 2.45) is 0 Å². The zero-order chi connectivity index (χ0) is 15.3. The Morgan fingerprint density at radius 1 is 0.895 bits per heavy atom. The number of rotatable bonds is 7. The summed E-state index contributed by atoms with van der Waals surface area (Å²) in [4.78, 5) is 23.2. The van der Waals surface area contributed by atoms with Crippen molar-refractivity contribution in [2.45, 2.75) is 59.0 Å². The lowest BCUT2D eigenvalue weighted by Crippen LogP contribution is -2.29. The highest BCUT2D eigenvalue weighted by atomic mass is 28.4. The molecule has 0 aliphatic rings. The molecule has 0 saturated carbocycles. The van der Waals surface area contributed by atoms with Gasteiger partial charge in [0.2, 0.25) is 16.6 Å².